The predicted octanol–water partition coefficient (Wildman–Crippen LogP) is 3.02. The molecule has 0 fully saturated rings. The SMILES string of the molecule is Cc1nocc1C(=O)Nc1ccc(-c2ccc(F)cc2)c(N)n1. The van der Waals surface area contributed by atoms with E-state index in [1.165, 1.54) is 18.4 Å². The number of aromatic nitrogens is 2. The number of amides is 1. The van der Waals surface area contributed by atoms with Gasteiger partial charge in [0.1, 0.15) is 29.3 Å². The third-order valence-electron chi connectivity index (χ3n) is 3.32. The maximum atomic E-state index is 13.0. The molecule has 0 saturated carbocycles. The number of nitrogens with zero attached hydrogens (tertiary/aromatic N) is 2. The molecule has 0 radical (unpaired) electrons. The molecule has 3 N–H and O–H groups in total. The van der Waals surface area contributed by atoms with Crippen LogP contribution in [0.5, 0.6) is 0 Å². The first-order chi connectivity index (χ1) is 11.0. The Labute approximate surface area is 131 Å². The van der Waals surface area contributed by atoms with E-state index in [1.807, 2.05) is 0 Å². The fraction of sp³-hybridized carbons (Fsp3) is 0.0625. The number of nitrogen functional groups attached to an aromatic ring is 1. The first kappa shape index (κ1) is 14.7. The van der Waals surface area contributed by atoms with Crippen molar-refractivity contribution in [3.05, 3.63) is 59.7 Å². The Morgan fingerprint density at radius 3 is 2.57 bits per heavy atom. The Hall–Kier alpha value is -3.22. The smallest absolute Gasteiger partial charge is 0.262 e. The summed E-state index contributed by atoms with van der Waals surface area (Å²) in [6, 6.07) is 9.25. The minimum absolute atomic E-state index is 0.233. The van der Waals surface area contributed by atoms with Crippen LogP contribution in [0.1, 0.15) is 16.1 Å². The minimum Gasteiger partial charge on any atom is -0.383 e. The topological polar surface area (TPSA) is 94.0 Å². The lowest BCUT2D eigenvalue weighted by molar-refractivity contribution is 0.102. The number of halogens is 1. The van der Waals surface area contributed by atoms with Gasteiger partial charge >= 0.3 is 0 Å². The molecule has 0 aliphatic carbocycles. The highest BCUT2D eigenvalue weighted by atomic mass is 19.1. The Bertz CT molecular complexity index is 859. The van der Waals surface area contributed by atoms with Gasteiger partial charge in [-0.25, -0.2) is 9.37 Å². The number of pyridine rings is 1. The van der Waals surface area contributed by atoms with Gasteiger partial charge in [0.2, 0.25) is 0 Å². The summed E-state index contributed by atoms with van der Waals surface area (Å²) in [5, 5.41) is 6.27. The highest BCUT2D eigenvalue weighted by Crippen LogP contribution is 2.26. The van der Waals surface area contributed by atoms with Crippen LogP contribution in [0, 0.1) is 12.7 Å². The van der Waals surface area contributed by atoms with Crippen LogP contribution in [-0.2, 0) is 0 Å². The third kappa shape index (κ3) is 3.03. The number of nitrogens with one attached hydrogen (secondary N) is 1. The van der Waals surface area contributed by atoms with Crippen molar-refractivity contribution in [2.24, 2.45) is 0 Å². The number of anilines is 2. The molecule has 0 spiro atoms. The summed E-state index contributed by atoms with van der Waals surface area (Å²) in [5.41, 5.74) is 8.14. The number of rotatable bonds is 3. The third-order valence-corrected chi connectivity index (χ3v) is 3.32. The van der Waals surface area contributed by atoms with E-state index >= 15 is 0 Å². The molecule has 23 heavy (non-hydrogen) atoms. The lowest BCUT2D eigenvalue weighted by Gasteiger charge is -2.08. The second kappa shape index (κ2) is 5.88. The van der Waals surface area contributed by atoms with E-state index in [9.17, 15) is 9.18 Å². The number of hydrogen-bond donors (Lipinski definition) is 2. The van der Waals surface area contributed by atoms with Crippen LogP contribution in [0.15, 0.2) is 47.2 Å². The molecule has 0 saturated heterocycles. The quantitative estimate of drug-likeness (QED) is 0.775. The number of nitrogens with two attached hydrogens (primary N) is 1. The highest BCUT2D eigenvalue weighted by molar-refractivity contribution is 6.04. The van der Waals surface area contributed by atoms with Gasteiger partial charge in [0.15, 0.2) is 0 Å². The molecular formula is C16H13FN4O2. The number of carbonyl (C=O) groups excluding carboxylic acids is 1. The van der Waals surface area contributed by atoms with Crippen LogP contribution in [-0.4, -0.2) is 16.0 Å². The molecule has 116 valence electrons. The average Bonchev–Trinajstić information content (AvgIpc) is 2.95. The zero-order valence-corrected chi connectivity index (χ0v) is 12.2. The Morgan fingerprint density at radius 1 is 1.22 bits per heavy atom. The van der Waals surface area contributed by atoms with Gasteiger partial charge in [-0.2, -0.15) is 0 Å². The Kier molecular flexibility index (Phi) is 3.76. The predicted molar refractivity (Wildman–Crippen MR) is 83.2 cm³/mol. The van der Waals surface area contributed by atoms with Crippen molar-refractivity contribution < 1.29 is 13.7 Å². The molecule has 0 aliphatic heterocycles. The summed E-state index contributed by atoms with van der Waals surface area (Å²) in [7, 11) is 0. The molecule has 0 atom stereocenters. The lowest BCUT2D eigenvalue weighted by Crippen LogP contribution is -2.14. The minimum atomic E-state index is -0.384. The maximum absolute atomic E-state index is 13.0. The number of aryl methyl sites for hydroxylation is 1. The highest BCUT2D eigenvalue weighted by Gasteiger charge is 2.14. The molecule has 2 aromatic heterocycles. The first-order valence-electron chi connectivity index (χ1n) is 6.79. The van der Waals surface area contributed by atoms with Crippen LogP contribution in [0.3, 0.4) is 0 Å². The van der Waals surface area contributed by atoms with Crippen molar-refractivity contribution in [3.63, 3.8) is 0 Å². The van der Waals surface area contributed by atoms with Crippen molar-refractivity contribution in [1.29, 1.82) is 0 Å². The fourth-order valence-corrected chi connectivity index (χ4v) is 2.11. The van der Waals surface area contributed by atoms with E-state index in [-0.39, 0.29) is 17.5 Å². The Balaban J connectivity index is 1.83. The van der Waals surface area contributed by atoms with E-state index < -0.39 is 0 Å². The van der Waals surface area contributed by atoms with Crippen molar-refractivity contribution in [2.45, 2.75) is 6.92 Å². The molecule has 0 unspecified atom stereocenters. The zero-order chi connectivity index (χ0) is 16.4. The van der Waals surface area contributed by atoms with Gasteiger partial charge in [-0.05, 0) is 36.8 Å². The van der Waals surface area contributed by atoms with Crippen LogP contribution in [0.2, 0.25) is 0 Å². The second-order valence-corrected chi connectivity index (χ2v) is 4.90. The molecular weight excluding hydrogens is 299 g/mol. The Morgan fingerprint density at radius 2 is 1.96 bits per heavy atom. The molecule has 7 heteroatoms. The summed E-state index contributed by atoms with van der Waals surface area (Å²) >= 11 is 0. The van der Waals surface area contributed by atoms with Crippen molar-refractivity contribution in [1.82, 2.24) is 10.1 Å². The normalized spacial score (nSPS) is 10.5. The monoisotopic (exact) mass is 312 g/mol. The summed E-state index contributed by atoms with van der Waals surface area (Å²) in [6.45, 7) is 1.66. The van der Waals surface area contributed by atoms with Crippen LogP contribution in [0.25, 0.3) is 11.1 Å². The van der Waals surface area contributed by atoms with E-state index in [2.05, 4.69) is 15.5 Å². The zero-order valence-electron chi connectivity index (χ0n) is 12.2. The van der Waals surface area contributed by atoms with Crippen LogP contribution in [0.4, 0.5) is 16.0 Å². The molecule has 6 nitrogen and oxygen atoms in total. The molecule has 3 aromatic rings. The fourth-order valence-electron chi connectivity index (χ4n) is 2.11. The van der Waals surface area contributed by atoms with Gasteiger partial charge in [-0.3, -0.25) is 4.79 Å². The molecule has 3 rings (SSSR count). The van der Waals surface area contributed by atoms with Crippen molar-refractivity contribution >= 4 is 17.5 Å². The van der Waals surface area contributed by atoms with Gasteiger partial charge in [-0.15, -0.1) is 0 Å². The first-order valence-corrected chi connectivity index (χ1v) is 6.79. The van der Waals surface area contributed by atoms with E-state index in [0.29, 0.717) is 22.6 Å². The van der Waals surface area contributed by atoms with E-state index in [4.69, 9.17) is 10.3 Å². The van der Waals surface area contributed by atoms with Crippen LogP contribution >= 0.6 is 0 Å². The van der Waals surface area contributed by atoms with Crippen LogP contribution < -0.4 is 11.1 Å². The van der Waals surface area contributed by atoms with Gasteiger partial charge in [0.25, 0.3) is 5.91 Å². The van der Waals surface area contributed by atoms with Gasteiger partial charge in [0, 0.05) is 5.56 Å². The van der Waals surface area contributed by atoms with E-state index in [1.54, 1.807) is 31.2 Å². The molecule has 2 heterocycles. The number of carbonyl (C=O) groups is 1. The number of benzene rings is 1. The van der Waals surface area contributed by atoms with Crippen molar-refractivity contribution in [3.8, 4) is 11.1 Å². The number of hydrogen-bond acceptors (Lipinski definition) is 5. The summed E-state index contributed by atoms with van der Waals surface area (Å²) < 4.78 is 17.7. The summed E-state index contributed by atoms with van der Waals surface area (Å²) in [4.78, 5) is 16.2. The molecule has 1 amide bonds. The van der Waals surface area contributed by atoms with E-state index in [0.717, 1.165) is 5.56 Å². The maximum Gasteiger partial charge on any atom is 0.262 e. The lowest BCUT2D eigenvalue weighted by atomic mass is 10.1. The van der Waals surface area contributed by atoms with Gasteiger partial charge < -0.3 is 15.6 Å². The average molecular weight is 312 g/mol. The summed E-state index contributed by atoms with van der Waals surface area (Å²) in [5.74, 6) is -0.172. The second-order valence-electron chi connectivity index (χ2n) is 4.90. The molecule has 0 aliphatic rings. The largest absolute Gasteiger partial charge is 0.383 e. The molecule has 0 bridgehead atoms. The summed E-state index contributed by atoms with van der Waals surface area (Å²) in [6.07, 6.45) is 1.26. The molecule has 1 aromatic carbocycles. The van der Waals surface area contributed by atoms with Gasteiger partial charge in [-0.1, -0.05) is 17.3 Å². The standard InChI is InChI=1S/C16H13FN4O2/c1-9-13(8-23-21-9)16(22)20-14-7-6-12(15(18)19-14)10-2-4-11(17)5-3-10/h2-8H,1H3,(H3,18,19,20,22). The van der Waals surface area contributed by atoms with Gasteiger partial charge in [0.05, 0.1) is 5.69 Å². The van der Waals surface area contributed by atoms with Crippen molar-refractivity contribution in [2.75, 3.05) is 11.1 Å².